The highest BCUT2D eigenvalue weighted by atomic mass is 32.2. The van der Waals surface area contributed by atoms with Crippen LogP contribution in [0.25, 0.3) is 0 Å². The fourth-order valence-electron chi connectivity index (χ4n) is 1.65. The third-order valence-electron chi connectivity index (χ3n) is 3.33. The molecule has 3 N–H and O–H groups in total. The molecule has 0 aliphatic carbocycles. The van der Waals surface area contributed by atoms with Crippen LogP contribution in [0.5, 0.6) is 0 Å². The molecule has 20 heavy (non-hydrogen) atoms. The Bertz CT molecular complexity index is 610. The third-order valence-corrected chi connectivity index (χ3v) is 4.44. The summed E-state index contributed by atoms with van der Waals surface area (Å²) in [6.07, 6.45) is 1.79. The number of nitrogens with one attached hydrogen (secondary N) is 1. The molecule has 5 nitrogen and oxygen atoms in total. The highest BCUT2D eigenvalue weighted by Crippen LogP contribution is 2.22. The van der Waals surface area contributed by atoms with Gasteiger partial charge in [0, 0.05) is 6.26 Å². The van der Waals surface area contributed by atoms with Gasteiger partial charge in [-0.15, -0.1) is 0 Å². The summed E-state index contributed by atoms with van der Waals surface area (Å²) in [5, 5.41) is 2.36. The zero-order chi connectivity index (χ0) is 15.6. The molecule has 1 aromatic carbocycles. The number of anilines is 1. The first-order valence-corrected chi connectivity index (χ1v) is 8.13. The van der Waals surface area contributed by atoms with Gasteiger partial charge in [0.1, 0.15) is 5.82 Å². The maximum Gasteiger partial charge on any atom is 0.244 e. The molecule has 0 atom stereocenters. The zero-order valence-corrected chi connectivity index (χ0v) is 12.6. The number of rotatable bonds is 5. The van der Waals surface area contributed by atoms with Crippen molar-refractivity contribution in [3.63, 3.8) is 0 Å². The molecule has 1 rings (SSSR count). The van der Waals surface area contributed by atoms with Crippen molar-refractivity contribution in [3.8, 4) is 0 Å². The Morgan fingerprint density at radius 1 is 1.35 bits per heavy atom. The fourth-order valence-corrected chi connectivity index (χ4v) is 2.30. The highest BCUT2D eigenvalue weighted by Gasteiger charge is 2.30. The average Bonchev–Trinajstić information content (AvgIpc) is 2.38. The molecule has 0 aliphatic heterocycles. The predicted molar refractivity (Wildman–Crippen MR) is 75.6 cm³/mol. The summed E-state index contributed by atoms with van der Waals surface area (Å²) in [7, 11) is -3.47. The molecule has 0 aromatic heterocycles. The molecule has 1 aromatic rings. The molecule has 0 radical (unpaired) electrons. The number of carbonyl (C=O) groups excluding carboxylic acids is 1. The lowest BCUT2D eigenvalue weighted by molar-refractivity contribution is -0.121. The first-order chi connectivity index (χ1) is 9.14. The number of sulfone groups is 1. The molecule has 1 amide bonds. The summed E-state index contributed by atoms with van der Waals surface area (Å²) in [4.78, 5) is 12.0. The summed E-state index contributed by atoms with van der Waals surface area (Å²) >= 11 is 0. The van der Waals surface area contributed by atoms with Crippen LogP contribution < -0.4 is 11.1 Å². The summed E-state index contributed by atoms with van der Waals surface area (Å²) in [5.41, 5.74) is 4.62. The lowest BCUT2D eigenvalue weighted by Crippen LogP contribution is -2.50. The minimum absolute atomic E-state index is 0.0650. The quantitative estimate of drug-likeness (QED) is 0.810. The average molecular weight is 302 g/mol. The molecule has 0 saturated heterocycles. The third kappa shape index (κ3) is 3.55. The second-order valence-electron chi connectivity index (χ2n) is 4.73. The zero-order valence-electron chi connectivity index (χ0n) is 11.7. The van der Waals surface area contributed by atoms with Gasteiger partial charge in [-0.3, -0.25) is 4.79 Å². The van der Waals surface area contributed by atoms with Crippen LogP contribution in [-0.4, -0.2) is 26.1 Å². The van der Waals surface area contributed by atoms with E-state index in [2.05, 4.69) is 5.32 Å². The first kappa shape index (κ1) is 16.6. The Labute approximate surface area is 118 Å². The molecule has 0 bridgehead atoms. The standard InChI is InChI=1S/C13H19FN2O3S/c1-4-13(15,5-2)12(17)16-11-8-9(20(3,18)19)6-7-10(11)14/h6-8H,4-5,15H2,1-3H3,(H,16,17). The van der Waals surface area contributed by atoms with E-state index in [1.54, 1.807) is 13.8 Å². The van der Waals surface area contributed by atoms with E-state index < -0.39 is 27.1 Å². The summed E-state index contributed by atoms with van der Waals surface area (Å²) < 4.78 is 36.5. The van der Waals surface area contributed by atoms with Crippen molar-refractivity contribution in [1.29, 1.82) is 0 Å². The fraction of sp³-hybridized carbons (Fsp3) is 0.462. The molecule has 0 spiro atoms. The van der Waals surface area contributed by atoms with Crippen molar-refractivity contribution in [1.82, 2.24) is 0 Å². The molecule has 0 fully saturated rings. The number of benzene rings is 1. The van der Waals surface area contributed by atoms with E-state index >= 15 is 0 Å². The van der Waals surface area contributed by atoms with E-state index in [1.807, 2.05) is 0 Å². The predicted octanol–water partition coefficient (Wildman–Crippen LogP) is 1.69. The Balaban J connectivity index is 3.13. The maximum absolute atomic E-state index is 13.7. The number of hydrogen-bond donors (Lipinski definition) is 2. The van der Waals surface area contributed by atoms with E-state index in [9.17, 15) is 17.6 Å². The lowest BCUT2D eigenvalue weighted by atomic mass is 9.93. The van der Waals surface area contributed by atoms with Gasteiger partial charge in [-0.05, 0) is 31.0 Å². The molecular weight excluding hydrogens is 283 g/mol. The van der Waals surface area contributed by atoms with Gasteiger partial charge in [0.25, 0.3) is 0 Å². The van der Waals surface area contributed by atoms with Crippen molar-refractivity contribution in [2.24, 2.45) is 5.73 Å². The number of hydrogen-bond acceptors (Lipinski definition) is 4. The van der Waals surface area contributed by atoms with Crippen LogP contribution in [0.4, 0.5) is 10.1 Å². The van der Waals surface area contributed by atoms with Crippen molar-refractivity contribution in [3.05, 3.63) is 24.0 Å². The smallest absolute Gasteiger partial charge is 0.244 e. The minimum atomic E-state index is -3.47. The van der Waals surface area contributed by atoms with Crippen molar-refractivity contribution in [2.45, 2.75) is 37.1 Å². The summed E-state index contributed by atoms with van der Waals surface area (Å²) in [5.74, 6) is -1.24. The van der Waals surface area contributed by atoms with Gasteiger partial charge in [0.2, 0.25) is 5.91 Å². The molecule has 112 valence electrons. The summed E-state index contributed by atoms with van der Waals surface area (Å²) in [6, 6.07) is 3.24. The second-order valence-corrected chi connectivity index (χ2v) is 6.75. The maximum atomic E-state index is 13.7. The van der Waals surface area contributed by atoms with E-state index in [1.165, 1.54) is 0 Å². The monoisotopic (exact) mass is 302 g/mol. The molecule has 0 heterocycles. The van der Waals surface area contributed by atoms with Gasteiger partial charge in [-0.1, -0.05) is 13.8 Å². The lowest BCUT2D eigenvalue weighted by Gasteiger charge is -2.25. The minimum Gasteiger partial charge on any atom is -0.322 e. The topological polar surface area (TPSA) is 89.3 Å². The van der Waals surface area contributed by atoms with Crippen LogP contribution in [0.15, 0.2) is 23.1 Å². The number of carbonyl (C=O) groups is 1. The molecule has 0 unspecified atom stereocenters. The van der Waals surface area contributed by atoms with Crippen molar-refractivity contribution in [2.75, 3.05) is 11.6 Å². The van der Waals surface area contributed by atoms with Crippen LogP contribution >= 0.6 is 0 Å². The Hall–Kier alpha value is -1.47. The Morgan fingerprint density at radius 3 is 2.35 bits per heavy atom. The van der Waals surface area contributed by atoms with Crippen LogP contribution in [-0.2, 0) is 14.6 Å². The van der Waals surface area contributed by atoms with Gasteiger partial charge in [-0.25, -0.2) is 12.8 Å². The molecule has 0 aliphatic rings. The van der Waals surface area contributed by atoms with E-state index in [0.29, 0.717) is 12.8 Å². The highest BCUT2D eigenvalue weighted by molar-refractivity contribution is 7.90. The first-order valence-electron chi connectivity index (χ1n) is 6.24. The number of nitrogens with two attached hydrogens (primary N) is 1. The van der Waals surface area contributed by atoms with Crippen LogP contribution in [0.3, 0.4) is 0 Å². The Kier molecular flexibility index (Phi) is 4.88. The van der Waals surface area contributed by atoms with Gasteiger partial charge in [0.05, 0.1) is 16.1 Å². The van der Waals surface area contributed by atoms with Crippen LogP contribution in [0.2, 0.25) is 0 Å². The van der Waals surface area contributed by atoms with Gasteiger partial charge in [0.15, 0.2) is 9.84 Å². The van der Waals surface area contributed by atoms with Crippen LogP contribution in [0, 0.1) is 5.82 Å². The van der Waals surface area contributed by atoms with Crippen molar-refractivity contribution >= 4 is 21.4 Å². The van der Waals surface area contributed by atoms with Gasteiger partial charge < -0.3 is 11.1 Å². The van der Waals surface area contributed by atoms with Crippen molar-refractivity contribution < 1.29 is 17.6 Å². The Morgan fingerprint density at radius 2 is 1.90 bits per heavy atom. The molecular formula is C13H19FN2O3S. The second kappa shape index (κ2) is 5.88. The summed E-state index contributed by atoms with van der Waals surface area (Å²) in [6.45, 7) is 3.51. The largest absolute Gasteiger partial charge is 0.322 e. The number of halogens is 1. The van der Waals surface area contributed by atoms with E-state index in [4.69, 9.17) is 5.73 Å². The number of amides is 1. The van der Waals surface area contributed by atoms with Gasteiger partial charge in [-0.2, -0.15) is 0 Å². The van der Waals surface area contributed by atoms with E-state index in [-0.39, 0.29) is 10.6 Å². The van der Waals surface area contributed by atoms with Gasteiger partial charge >= 0.3 is 0 Å². The van der Waals surface area contributed by atoms with E-state index in [0.717, 1.165) is 24.5 Å². The van der Waals surface area contributed by atoms with Crippen LogP contribution in [0.1, 0.15) is 26.7 Å². The molecule has 7 heteroatoms. The normalized spacial score (nSPS) is 12.2. The molecule has 0 saturated carbocycles. The SMILES string of the molecule is CCC(N)(CC)C(=O)Nc1cc(S(C)(=O)=O)ccc1F.